The van der Waals surface area contributed by atoms with Crippen LogP contribution >= 0.6 is 22.9 Å². The molecule has 0 saturated carbocycles. The Kier molecular flexibility index (Phi) is 5.15. The second kappa shape index (κ2) is 7.43. The van der Waals surface area contributed by atoms with Crippen molar-refractivity contribution >= 4 is 38.9 Å². The molecule has 9 heteroatoms. The number of rotatable bonds is 4. The zero-order valence-corrected chi connectivity index (χ0v) is 16.8. The largest absolute Gasteiger partial charge is 0.493 e. The first-order valence-electron chi connectivity index (χ1n) is 8.76. The van der Waals surface area contributed by atoms with E-state index < -0.39 is 16.1 Å². The number of benzene rings is 1. The lowest BCUT2D eigenvalue weighted by Gasteiger charge is -2.29. The summed E-state index contributed by atoms with van der Waals surface area (Å²) in [6.07, 6.45) is 1.82. The second-order valence-electron chi connectivity index (χ2n) is 6.57. The Morgan fingerprint density at radius 3 is 2.81 bits per heavy atom. The third-order valence-corrected chi connectivity index (χ3v) is 8.50. The van der Waals surface area contributed by atoms with Crippen LogP contribution in [-0.4, -0.2) is 37.8 Å². The van der Waals surface area contributed by atoms with Crippen molar-refractivity contribution in [2.45, 2.75) is 35.6 Å². The fourth-order valence-corrected chi connectivity index (χ4v) is 6.87. The number of ether oxygens (including phenoxy) is 1. The van der Waals surface area contributed by atoms with Gasteiger partial charge in [0, 0.05) is 18.5 Å². The van der Waals surface area contributed by atoms with E-state index in [0.717, 1.165) is 22.6 Å². The Bertz CT molecular complexity index is 960. The van der Waals surface area contributed by atoms with Gasteiger partial charge in [0.05, 0.1) is 17.0 Å². The Hall–Kier alpha value is -1.61. The summed E-state index contributed by atoms with van der Waals surface area (Å²) in [6.45, 7) is 0.850. The number of para-hydroxylation sites is 1. The van der Waals surface area contributed by atoms with Gasteiger partial charge in [0.15, 0.2) is 0 Å². The number of carbonyl (C=O) groups excluding carboxylic acids is 1. The molecule has 0 aliphatic carbocycles. The topological polar surface area (TPSA) is 75.7 Å². The van der Waals surface area contributed by atoms with Crippen molar-refractivity contribution in [3.63, 3.8) is 0 Å². The first-order valence-corrected chi connectivity index (χ1v) is 11.4. The van der Waals surface area contributed by atoms with Gasteiger partial charge in [0.1, 0.15) is 16.0 Å². The molecule has 2 aliphatic rings. The van der Waals surface area contributed by atoms with Crippen molar-refractivity contribution in [3.8, 4) is 5.75 Å². The Labute approximate surface area is 167 Å². The van der Waals surface area contributed by atoms with Crippen LogP contribution in [0.5, 0.6) is 5.75 Å². The fourth-order valence-electron chi connectivity index (χ4n) is 3.60. The van der Waals surface area contributed by atoms with Gasteiger partial charge in [-0.3, -0.25) is 4.79 Å². The van der Waals surface area contributed by atoms with Gasteiger partial charge in [-0.25, -0.2) is 8.42 Å². The molecule has 27 heavy (non-hydrogen) atoms. The highest BCUT2D eigenvalue weighted by Crippen LogP contribution is 2.34. The lowest BCUT2D eigenvalue weighted by Crippen LogP contribution is -2.47. The van der Waals surface area contributed by atoms with Crippen molar-refractivity contribution in [2.24, 2.45) is 0 Å². The van der Waals surface area contributed by atoms with Crippen LogP contribution in [0.3, 0.4) is 0 Å². The van der Waals surface area contributed by atoms with E-state index in [1.54, 1.807) is 6.07 Å². The first-order chi connectivity index (χ1) is 13.0. The van der Waals surface area contributed by atoms with Gasteiger partial charge in [-0.2, -0.15) is 4.31 Å². The van der Waals surface area contributed by atoms with Gasteiger partial charge in [-0.1, -0.05) is 29.8 Å². The normalized spacial score (nSPS) is 22.9. The molecule has 0 bridgehead atoms. The maximum atomic E-state index is 12.9. The number of thiophene rings is 1. The summed E-state index contributed by atoms with van der Waals surface area (Å²) < 4.78 is 33.4. The zero-order valence-electron chi connectivity index (χ0n) is 14.4. The highest BCUT2D eigenvalue weighted by Gasteiger charge is 2.41. The molecular formula is C18H19ClN2O4S2. The number of nitrogens with one attached hydrogen (secondary N) is 1. The molecule has 0 unspecified atom stereocenters. The predicted molar refractivity (Wildman–Crippen MR) is 104 cm³/mol. The fraction of sp³-hybridized carbons (Fsp3) is 0.389. The van der Waals surface area contributed by atoms with Crippen LogP contribution in [0.2, 0.25) is 4.34 Å². The number of carbonyl (C=O) groups is 1. The highest BCUT2D eigenvalue weighted by molar-refractivity contribution is 7.91. The van der Waals surface area contributed by atoms with Gasteiger partial charge in [0.25, 0.3) is 10.0 Å². The molecule has 1 aromatic carbocycles. The second-order valence-corrected chi connectivity index (χ2v) is 10.4. The number of amides is 1. The van der Waals surface area contributed by atoms with Crippen molar-refractivity contribution in [2.75, 3.05) is 13.2 Å². The quantitative estimate of drug-likeness (QED) is 0.814. The van der Waals surface area contributed by atoms with Crippen LogP contribution in [0.15, 0.2) is 40.6 Å². The SMILES string of the molecule is O=C(N[C@H]1CCOc2ccccc21)[C@H]1CCCN1S(=O)(=O)c1ccc(Cl)s1. The Morgan fingerprint density at radius 2 is 2.04 bits per heavy atom. The summed E-state index contributed by atoms with van der Waals surface area (Å²) in [5.41, 5.74) is 0.926. The van der Waals surface area contributed by atoms with Crippen molar-refractivity contribution in [1.29, 1.82) is 0 Å². The van der Waals surface area contributed by atoms with Crippen molar-refractivity contribution in [3.05, 3.63) is 46.3 Å². The summed E-state index contributed by atoms with van der Waals surface area (Å²) in [4.78, 5) is 12.9. The van der Waals surface area contributed by atoms with E-state index in [-0.39, 0.29) is 16.2 Å². The van der Waals surface area contributed by atoms with E-state index in [0.29, 0.717) is 36.8 Å². The number of hydrogen-bond acceptors (Lipinski definition) is 5. The van der Waals surface area contributed by atoms with Crippen LogP contribution in [0, 0.1) is 0 Å². The summed E-state index contributed by atoms with van der Waals surface area (Å²) in [7, 11) is -3.73. The highest BCUT2D eigenvalue weighted by atomic mass is 35.5. The molecular weight excluding hydrogens is 408 g/mol. The van der Waals surface area contributed by atoms with Gasteiger partial charge in [-0.05, 0) is 31.0 Å². The van der Waals surface area contributed by atoms with Crippen molar-refractivity contribution < 1.29 is 17.9 Å². The number of hydrogen-bond donors (Lipinski definition) is 1. The van der Waals surface area contributed by atoms with E-state index in [1.165, 1.54) is 10.4 Å². The van der Waals surface area contributed by atoms with Crippen molar-refractivity contribution in [1.82, 2.24) is 9.62 Å². The van der Waals surface area contributed by atoms with E-state index in [2.05, 4.69) is 5.32 Å². The number of sulfonamides is 1. The number of halogens is 1. The standard InChI is InChI=1S/C18H19ClN2O4S2/c19-16-7-8-17(26-16)27(23,24)21-10-3-5-14(21)18(22)20-13-9-11-25-15-6-2-1-4-12(13)15/h1-2,4,6-8,13-14H,3,5,9-11H2,(H,20,22)/t13-,14+/m0/s1. The van der Waals surface area contributed by atoms with Gasteiger partial charge in [0.2, 0.25) is 5.91 Å². The van der Waals surface area contributed by atoms with Gasteiger partial charge >= 0.3 is 0 Å². The minimum absolute atomic E-state index is 0.170. The Morgan fingerprint density at radius 1 is 1.22 bits per heavy atom. The summed E-state index contributed by atoms with van der Waals surface area (Å²) in [5, 5.41) is 3.03. The summed E-state index contributed by atoms with van der Waals surface area (Å²) in [5.74, 6) is 0.499. The maximum absolute atomic E-state index is 12.9. The molecule has 2 aromatic rings. The molecule has 2 atom stereocenters. The molecule has 144 valence electrons. The average Bonchev–Trinajstić information content (AvgIpc) is 3.32. The lowest BCUT2D eigenvalue weighted by atomic mass is 10.00. The first kappa shape index (κ1) is 18.7. The van der Waals surface area contributed by atoms with E-state index >= 15 is 0 Å². The Balaban J connectivity index is 1.54. The molecule has 1 fully saturated rings. The number of fused-ring (bicyclic) bond motifs is 1. The maximum Gasteiger partial charge on any atom is 0.253 e. The summed E-state index contributed by atoms with van der Waals surface area (Å²) in [6, 6.07) is 9.76. The smallest absolute Gasteiger partial charge is 0.253 e. The minimum Gasteiger partial charge on any atom is -0.493 e. The number of nitrogens with zero attached hydrogens (tertiary/aromatic N) is 1. The van der Waals surface area contributed by atoms with Gasteiger partial charge < -0.3 is 10.1 Å². The van der Waals surface area contributed by atoms with Crippen LogP contribution in [0.25, 0.3) is 0 Å². The average molecular weight is 427 g/mol. The van der Waals surface area contributed by atoms with Gasteiger partial charge in [-0.15, -0.1) is 11.3 Å². The monoisotopic (exact) mass is 426 g/mol. The van der Waals surface area contributed by atoms with E-state index in [9.17, 15) is 13.2 Å². The molecule has 2 aliphatic heterocycles. The lowest BCUT2D eigenvalue weighted by molar-refractivity contribution is -0.125. The van der Waals surface area contributed by atoms with Crippen LogP contribution in [0.4, 0.5) is 0 Å². The van der Waals surface area contributed by atoms with E-state index in [4.69, 9.17) is 16.3 Å². The zero-order chi connectivity index (χ0) is 19.0. The summed E-state index contributed by atoms with van der Waals surface area (Å²) >= 11 is 6.90. The molecule has 0 radical (unpaired) electrons. The third kappa shape index (κ3) is 3.59. The van der Waals surface area contributed by atoms with Crippen LogP contribution < -0.4 is 10.1 Å². The molecule has 0 spiro atoms. The molecule has 1 aromatic heterocycles. The molecule has 6 nitrogen and oxygen atoms in total. The van der Waals surface area contributed by atoms with E-state index in [1.807, 2.05) is 24.3 Å². The van der Waals surface area contributed by atoms with Crippen LogP contribution in [0.1, 0.15) is 30.9 Å². The molecule has 1 N–H and O–H groups in total. The molecule has 1 amide bonds. The minimum atomic E-state index is -3.73. The molecule has 1 saturated heterocycles. The molecule has 4 rings (SSSR count). The predicted octanol–water partition coefficient (Wildman–Crippen LogP) is 3.19. The third-order valence-electron chi connectivity index (χ3n) is 4.89. The molecule has 3 heterocycles. The van der Waals surface area contributed by atoms with Crippen LogP contribution in [-0.2, 0) is 14.8 Å².